The molecule has 15 heavy (non-hydrogen) atoms. The van der Waals surface area contributed by atoms with E-state index in [0.29, 0.717) is 5.57 Å². The second kappa shape index (κ2) is 3.66. The van der Waals surface area contributed by atoms with Gasteiger partial charge in [0.1, 0.15) is 0 Å². The van der Waals surface area contributed by atoms with Crippen LogP contribution < -0.4 is 0 Å². The Labute approximate surface area is 93.3 Å². The summed E-state index contributed by atoms with van der Waals surface area (Å²) in [5.74, 6) is 0.102. The molecule has 1 aliphatic heterocycles. The van der Waals surface area contributed by atoms with Gasteiger partial charge in [0.2, 0.25) is 5.91 Å². The number of carbonyl (C=O) groups is 1. The maximum absolute atomic E-state index is 12.2. The molecule has 2 heteroatoms. The van der Waals surface area contributed by atoms with Crippen LogP contribution in [0.5, 0.6) is 0 Å². The van der Waals surface area contributed by atoms with Crippen molar-refractivity contribution in [3.63, 3.8) is 0 Å². The Kier molecular flexibility index (Phi) is 2.99. The summed E-state index contributed by atoms with van der Waals surface area (Å²) in [6.45, 7) is 14.2. The van der Waals surface area contributed by atoms with Crippen LogP contribution in [0.1, 0.15) is 53.9 Å². The van der Waals surface area contributed by atoms with E-state index in [-0.39, 0.29) is 17.0 Å². The Bertz CT molecular complexity index is 273. The highest BCUT2D eigenvalue weighted by Crippen LogP contribution is 2.38. The van der Waals surface area contributed by atoms with Gasteiger partial charge in [0, 0.05) is 16.7 Å². The quantitative estimate of drug-likeness (QED) is 0.608. The fourth-order valence-corrected chi connectivity index (χ4v) is 2.74. The molecule has 0 unspecified atom stereocenters. The number of nitrogens with zero attached hydrogens (tertiary/aromatic N) is 1. The highest BCUT2D eigenvalue weighted by atomic mass is 16.2. The standard InChI is InChI=1S/C13H23NO/c1-10(2)11(15)14-12(3,4)8-7-9-13(14,5)6/h1,7-9H2,2-6H3. The van der Waals surface area contributed by atoms with E-state index in [1.54, 1.807) is 6.92 Å². The number of rotatable bonds is 1. The SMILES string of the molecule is C=C(C)C(=O)N1C(C)(C)CCCC1(C)C. The smallest absolute Gasteiger partial charge is 0.249 e. The van der Waals surface area contributed by atoms with Crippen LogP contribution in [-0.4, -0.2) is 21.9 Å². The van der Waals surface area contributed by atoms with Crippen molar-refractivity contribution in [2.24, 2.45) is 0 Å². The molecule has 86 valence electrons. The summed E-state index contributed by atoms with van der Waals surface area (Å²) in [4.78, 5) is 14.2. The normalized spacial score (nSPS) is 23.7. The van der Waals surface area contributed by atoms with Crippen LogP contribution in [0.3, 0.4) is 0 Å². The molecule has 1 saturated heterocycles. The largest absolute Gasteiger partial charge is 0.329 e. The predicted octanol–water partition coefficient (Wildman–Crippen LogP) is 3.13. The van der Waals surface area contributed by atoms with Crippen LogP contribution >= 0.6 is 0 Å². The van der Waals surface area contributed by atoms with Crippen LogP contribution in [0.4, 0.5) is 0 Å². The van der Waals surface area contributed by atoms with Gasteiger partial charge in [-0.25, -0.2) is 0 Å². The minimum atomic E-state index is -0.0439. The molecule has 0 N–H and O–H groups in total. The summed E-state index contributed by atoms with van der Waals surface area (Å²) in [5, 5.41) is 0. The lowest BCUT2D eigenvalue weighted by Gasteiger charge is -2.53. The van der Waals surface area contributed by atoms with Crippen molar-refractivity contribution in [2.45, 2.75) is 65.0 Å². The van der Waals surface area contributed by atoms with E-state index in [0.717, 1.165) is 12.8 Å². The Balaban J connectivity index is 3.07. The van der Waals surface area contributed by atoms with Crippen molar-refractivity contribution < 1.29 is 4.79 Å². The molecule has 0 radical (unpaired) electrons. The van der Waals surface area contributed by atoms with Crippen LogP contribution in [0.15, 0.2) is 12.2 Å². The summed E-state index contributed by atoms with van der Waals surface area (Å²) in [7, 11) is 0. The van der Waals surface area contributed by atoms with Crippen LogP contribution in [-0.2, 0) is 4.79 Å². The molecule has 1 heterocycles. The second-order valence-corrected chi connectivity index (χ2v) is 5.90. The fourth-order valence-electron chi connectivity index (χ4n) is 2.74. The maximum atomic E-state index is 12.2. The number of hydrogen-bond acceptors (Lipinski definition) is 1. The van der Waals surface area contributed by atoms with E-state index >= 15 is 0 Å². The van der Waals surface area contributed by atoms with E-state index in [1.165, 1.54) is 6.42 Å². The molecule has 0 aromatic carbocycles. The lowest BCUT2D eigenvalue weighted by molar-refractivity contribution is -0.144. The van der Waals surface area contributed by atoms with Crippen molar-refractivity contribution in [1.82, 2.24) is 4.90 Å². The molecule has 0 bridgehead atoms. The van der Waals surface area contributed by atoms with E-state index in [2.05, 4.69) is 34.3 Å². The van der Waals surface area contributed by atoms with Crippen molar-refractivity contribution in [3.05, 3.63) is 12.2 Å². The molecule has 0 saturated carbocycles. The van der Waals surface area contributed by atoms with Gasteiger partial charge in [-0.15, -0.1) is 0 Å². The fraction of sp³-hybridized carbons (Fsp3) is 0.769. The zero-order valence-electron chi connectivity index (χ0n) is 10.7. The molecule has 1 aliphatic rings. The first-order valence-electron chi connectivity index (χ1n) is 5.69. The third-order valence-electron chi connectivity index (χ3n) is 3.36. The summed E-state index contributed by atoms with van der Waals surface area (Å²) in [6.07, 6.45) is 3.35. The summed E-state index contributed by atoms with van der Waals surface area (Å²) < 4.78 is 0. The predicted molar refractivity (Wildman–Crippen MR) is 63.7 cm³/mol. The molecular formula is C13H23NO. The molecule has 1 rings (SSSR count). The van der Waals surface area contributed by atoms with Crippen molar-refractivity contribution >= 4 is 5.91 Å². The lowest BCUT2D eigenvalue weighted by atomic mass is 9.79. The van der Waals surface area contributed by atoms with Gasteiger partial charge in [-0.2, -0.15) is 0 Å². The summed E-state index contributed by atoms with van der Waals surface area (Å²) in [5.41, 5.74) is 0.549. The number of carbonyl (C=O) groups excluding carboxylic acids is 1. The molecule has 1 fully saturated rings. The third-order valence-corrected chi connectivity index (χ3v) is 3.36. The zero-order chi connectivity index (χ0) is 11.9. The molecule has 0 spiro atoms. The van der Waals surface area contributed by atoms with Gasteiger partial charge in [0.05, 0.1) is 0 Å². The van der Waals surface area contributed by atoms with Gasteiger partial charge in [0.15, 0.2) is 0 Å². The topological polar surface area (TPSA) is 20.3 Å². The monoisotopic (exact) mass is 209 g/mol. The molecule has 0 atom stereocenters. The third kappa shape index (κ3) is 2.24. The average Bonchev–Trinajstić information content (AvgIpc) is 1.99. The van der Waals surface area contributed by atoms with Gasteiger partial charge in [-0.05, 0) is 53.9 Å². The Hall–Kier alpha value is -0.790. The maximum Gasteiger partial charge on any atom is 0.249 e. The van der Waals surface area contributed by atoms with E-state index < -0.39 is 0 Å². The first-order valence-corrected chi connectivity index (χ1v) is 5.69. The molecule has 1 amide bonds. The first kappa shape index (κ1) is 12.3. The molecule has 0 aromatic rings. The van der Waals surface area contributed by atoms with E-state index in [1.807, 2.05) is 4.90 Å². The summed E-state index contributed by atoms with van der Waals surface area (Å²) >= 11 is 0. The molecule has 2 nitrogen and oxygen atoms in total. The minimum Gasteiger partial charge on any atom is -0.329 e. The van der Waals surface area contributed by atoms with Crippen LogP contribution in [0, 0.1) is 0 Å². The molecule has 0 aliphatic carbocycles. The van der Waals surface area contributed by atoms with Crippen molar-refractivity contribution in [1.29, 1.82) is 0 Å². The lowest BCUT2D eigenvalue weighted by Crippen LogP contribution is -2.61. The number of piperidine rings is 1. The molecular weight excluding hydrogens is 186 g/mol. The van der Waals surface area contributed by atoms with Gasteiger partial charge < -0.3 is 4.90 Å². The summed E-state index contributed by atoms with van der Waals surface area (Å²) in [6, 6.07) is 0. The Morgan fingerprint density at radius 2 is 1.53 bits per heavy atom. The van der Waals surface area contributed by atoms with Gasteiger partial charge in [-0.3, -0.25) is 4.79 Å². The average molecular weight is 209 g/mol. The zero-order valence-corrected chi connectivity index (χ0v) is 10.7. The van der Waals surface area contributed by atoms with E-state index in [4.69, 9.17) is 0 Å². The second-order valence-electron chi connectivity index (χ2n) is 5.90. The van der Waals surface area contributed by atoms with Crippen LogP contribution in [0.25, 0.3) is 0 Å². The van der Waals surface area contributed by atoms with Gasteiger partial charge >= 0.3 is 0 Å². The Morgan fingerprint density at radius 3 is 1.87 bits per heavy atom. The first-order chi connectivity index (χ1) is 6.68. The van der Waals surface area contributed by atoms with Gasteiger partial charge in [0.25, 0.3) is 0 Å². The van der Waals surface area contributed by atoms with Crippen LogP contribution in [0.2, 0.25) is 0 Å². The van der Waals surface area contributed by atoms with Crippen molar-refractivity contribution in [2.75, 3.05) is 0 Å². The van der Waals surface area contributed by atoms with Gasteiger partial charge in [-0.1, -0.05) is 6.58 Å². The number of likely N-dealkylation sites (tertiary alicyclic amines) is 1. The molecule has 0 aromatic heterocycles. The highest BCUT2D eigenvalue weighted by molar-refractivity contribution is 5.93. The Morgan fingerprint density at radius 1 is 1.13 bits per heavy atom. The van der Waals surface area contributed by atoms with Crippen molar-refractivity contribution in [3.8, 4) is 0 Å². The van der Waals surface area contributed by atoms with E-state index in [9.17, 15) is 4.79 Å². The minimum absolute atomic E-state index is 0.0439. The highest BCUT2D eigenvalue weighted by Gasteiger charge is 2.43. The number of hydrogen-bond donors (Lipinski definition) is 0. The number of amides is 1.